The van der Waals surface area contributed by atoms with Crippen molar-refractivity contribution in [2.24, 2.45) is 5.84 Å². The minimum atomic E-state index is 0.587. The monoisotopic (exact) mass is 261 g/mol. The van der Waals surface area contributed by atoms with E-state index in [0.29, 0.717) is 5.82 Å². The second-order valence-electron chi connectivity index (χ2n) is 3.68. The van der Waals surface area contributed by atoms with Crippen molar-refractivity contribution in [1.82, 2.24) is 14.4 Å². The number of furan rings is 1. The van der Waals surface area contributed by atoms with Crippen LogP contribution in [0.4, 0.5) is 5.82 Å². The standard InChI is InChI=1S/C11H11N5OS/c1-7-8(2-5-17-7)18-11-10-13-3-4-16(10)6-9(14-11)15-12/h2-6,15H,12H2,1H3. The Balaban J connectivity index is 2.10. The average Bonchev–Trinajstić information content (AvgIpc) is 2.98. The number of nitrogens with zero attached hydrogens (tertiary/aromatic N) is 3. The first kappa shape index (κ1) is 11.1. The molecule has 3 aromatic heterocycles. The zero-order valence-electron chi connectivity index (χ0n) is 9.62. The zero-order valence-corrected chi connectivity index (χ0v) is 10.4. The van der Waals surface area contributed by atoms with Gasteiger partial charge in [-0.2, -0.15) is 0 Å². The summed E-state index contributed by atoms with van der Waals surface area (Å²) in [5, 5.41) is 0.778. The summed E-state index contributed by atoms with van der Waals surface area (Å²) in [5.41, 5.74) is 3.34. The average molecular weight is 261 g/mol. The van der Waals surface area contributed by atoms with Crippen molar-refractivity contribution in [3.8, 4) is 0 Å². The number of hydrogen-bond donors (Lipinski definition) is 2. The van der Waals surface area contributed by atoms with Gasteiger partial charge in [-0.05, 0) is 13.0 Å². The van der Waals surface area contributed by atoms with E-state index in [2.05, 4.69) is 15.4 Å². The van der Waals surface area contributed by atoms with Crippen molar-refractivity contribution >= 4 is 23.2 Å². The molecule has 18 heavy (non-hydrogen) atoms. The highest BCUT2D eigenvalue weighted by molar-refractivity contribution is 7.99. The van der Waals surface area contributed by atoms with Crippen molar-refractivity contribution < 1.29 is 4.42 Å². The molecule has 0 aliphatic rings. The molecule has 92 valence electrons. The van der Waals surface area contributed by atoms with Crippen LogP contribution in [0.3, 0.4) is 0 Å². The summed E-state index contributed by atoms with van der Waals surface area (Å²) in [4.78, 5) is 9.71. The molecule has 0 radical (unpaired) electrons. The molecule has 3 N–H and O–H groups in total. The van der Waals surface area contributed by atoms with Gasteiger partial charge in [-0.3, -0.25) is 0 Å². The fourth-order valence-electron chi connectivity index (χ4n) is 1.62. The van der Waals surface area contributed by atoms with Gasteiger partial charge in [0.15, 0.2) is 11.5 Å². The molecule has 0 aliphatic heterocycles. The normalized spacial score (nSPS) is 11.0. The van der Waals surface area contributed by atoms with Crippen LogP contribution in [0.2, 0.25) is 0 Å². The third-order valence-electron chi connectivity index (χ3n) is 2.51. The summed E-state index contributed by atoms with van der Waals surface area (Å²) in [5.74, 6) is 6.85. The van der Waals surface area contributed by atoms with Crippen LogP contribution in [-0.2, 0) is 0 Å². The Labute approximate surface area is 107 Å². The Morgan fingerprint density at radius 1 is 1.50 bits per heavy atom. The van der Waals surface area contributed by atoms with Crippen LogP contribution in [0.1, 0.15) is 5.76 Å². The molecule has 0 saturated carbocycles. The highest BCUT2D eigenvalue weighted by Gasteiger charge is 2.11. The lowest BCUT2D eigenvalue weighted by Gasteiger charge is -2.05. The van der Waals surface area contributed by atoms with E-state index >= 15 is 0 Å². The predicted octanol–water partition coefficient (Wildman–Crippen LogP) is 2.07. The molecule has 0 spiro atoms. The van der Waals surface area contributed by atoms with Gasteiger partial charge in [0.2, 0.25) is 0 Å². The number of nitrogens with one attached hydrogen (secondary N) is 1. The molecule has 0 aliphatic carbocycles. The van der Waals surface area contributed by atoms with E-state index in [1.807, 2.05) is 23.6 Å². The quantitative estimate of drug-likeness (QED) is 0.555. The summed E-state index contributed by atoms with van der Waals surface area (Å²) in [6, 6.07) is 1.91. The van der Waals surface area contributed by atoms with Crippen LogP contribution >= 0.6 is 11.8 Å². The van der Waals surface area contributed by atoms with Crippen molar-refractivity contribution in [1.29, 1.82) is 0 Å². The smallest absolute Gasteiger partial charge is 0.170 e. The molecule has 0 amide bonds. The fourth-order valence-corrected chi connectivity index (χ4v) is 2.54. The van der Waals surface area contributed by atoms with Gasteiger partial charge in [0.05, 0.1) is 17.4 Å². The highest BCUT2D eigenvalue weighted by atomic mass is 32.2. The number of aryl methyl sites for hydroxylation is 1. The molecular weight excluding hydrogens is 250 g/mol. The maximum atomic E-state index is 5.41. The lowest BCUT2D eigenvalue weighted by molar-refractivity contribution is 0.527. The third-order valence-corrected chi connectivity index (χ3v) is 3.62. The summed E-state index contributed by atoms with van der Waals surface area (Å²) in [6.07, 6.45) is 7.02. The molecule has 7 heteroatoms. The number of fused-ring (bicyclic) bond motifs is 1. The summed E-state index contributed by atoms with van der Waals surface area (Å²) in [7, 11) is 0. The third kappa shape index (κ3) is 1.83. The molecule has 6 nitrogen and oxygen atoms in total. The Morgan fingerprint density at radius 3 is 3.11 bits per heavy atom. The molecule has 3 rings (SSSR count). The molecule has 3 heterocycles. The molecule has 3 aromatic rings. The van der Waals surface area contributed by atoms with Gasteiger partial charge in [-0.1, -0.05) is 11.8 Å². The zero-order chi connectivity index (χ0) is 12.5. The number of aromatic nitrogens is 3. The van der Waals surface area contributed by atoms with Crippen LogP contribution in [0.5, 0.6) is 0 Å². The summed E-state index contributed by atoms with van der Waals surface area (Å²) >= 11 is 1.50. The van der Waals surface area contributed by atoms with Crippen LogP contribution in [0.25, 0.3) is 5.65 Å². The van der Waals surface area contributed by atoms with Crippen molar-refractivity contribution in [3.05, 3.63) is 36.7 Å². The van der Waals surface area contributed by atoms with Crippen molar-refractivity contribution in [3.63, 3.8) is 0 Å². The van der Waals surface area contributed by atoms with Gasteiger partial charge in [-0.25, -0.2) is 15.8 Å². The van der Waals surface area contributed by atoms with Gasteiger partial charge in [0, 0.05) is 12.4 Å². The number of hydrazine groups is 1. The first-order valence-corrected chi connectivity index (χ1v) is 6.12. The summed E-state index contributed by atoms with van der Waals surface area (Å²) < 4.78 is 7.15. The van der Waals surface area contributed by atoms with Crippen molar-refractivity contribution in [2.75, 3.05) is 5.43 Å². The van der Waals surface area contributed by atoms with Gasteiger partial charge < -0.3 is 14.2 Å². The number of imidazole rings is 1. The first-order chi connectivity index (χ1) is 8.78. The van der Waals surface area contributed by atoms with E-state index in [1.54, 1.807) is 18.7 Å². The van der Waals surface area contributed by atoms with Crippen LogP contribution < -0.4 is 11.3 Å². The van der Waals surface area contributed by atoms with E-state index in [1.165, 1.54) is 11.8 Å². The maximum Gasteiger partial charge on any atom is 0.170 e. The van der Waals surface area contributed by atoms with Crippen molar-refractivity contribution in [2.45, 2.75) is 16.8 Å². The lowest BCUT2D eigenvalue weighted by atomic mass is 10.5. The highest BCUT2D eigenvalue weighted by Crippen LogP contribution is 2.32. The van der Waals surface area contributed by atoms with Crippen LogP contribution in [0, 0.1) is 6.92 Å². The molecule has 0 atom stereocenters. The van der Waals surface area contributed by atoms with E-state index in [0.717, 1.165) is 21.3 Å². The lowest BCUT2D eigenvalue weighted by Crippen LogP contribution is -2.10. The topological polar surface area (TPSA) is 81.4 Å². The van der Waals surface area contributed by atoms with E-state index in [9.17, 15) is 0 Å². The number of anilines is 1. The van der Waals surface area contributed by atoms with E-state index in [-0.39, 0.29) is 0 Å². The fraction of sp³-hybridized carbons (Fsp3) is 0.0909. The number of nitrogen functional groups attached to an aromatic ring is 1. The van der Waals surface area contributed by atoms with E-state index < -0.39 is 0 Å². The molecule has 0 bridgehead atoms. The second-order valence-corrected chi connectivity index (χ2v) is 4.71. The molecule has 0 aromatic carbocycles. The van der Waals surface area contributed by atoms with Crippen LogP contribution in [-0.4, -0.2) is 14.4 Å². The minimum absolute atomic E-state index is 0.587. The van der Waals surface area contributed by atoms with E-state index in [4.69, 9.17) is 10.3 Å². The SMILES string of the molecule is Cc1occc1Sc1nc(NN)cn2ccnc12. The Morgan fingerprint density at radius 2 is 2.39 bits per heavy atom. The first-order valence-electron chi connectivity index (χ1n) is 5.30. The Kier molecular flexibility index (Phi) is 2.69. The largest absolute Gasteiger partial charge is 0.468 e. The maximum absolute atomic E-state index is 5.41. The number of hydrogen-bond acceptors (Lipinski definition) is 6. The van der Waals surface area contributed by atoms with Gasteiger partial charge in [-0.15, -0.1) is 0 Å². The van der Waals surface area contributed by atoms with Gasteiger partial charge in [0.1, 0.15) is 10.8 Å². The van der Waals surface area contributed by atoms with Gasteiger partial charge >= 0.3 is 0 Å². The predicted molar refractivity (Wildman–Crippen MR) is 68.4 cm³/mol. The molecule has 0 saturated heterocycles. The Hall–Kier alpha value is -1.99. The Bertz CT molecular complexity index is 690. The second kappa shape index (κ2) is 4.35. The van der Waals surface area contributed by atoms with Crippen LogP contribution in [0.15, 0.2) is 45.3 Å². The molecule has 0 fully saturated rings. The molecular formula is C11H11N5OS. The summed E-state index contributed by atoms with van der Waals surface area (Å²) in [6.45, 7) is 1.91. The number of nitrogens with two attached hydrogens (primary N) is 1. The number of rotatable bonds is 3. The molecule has 0 unspecified atom stereocenters. The minimum Gasteiger partial charge on any atom is -0.468 e. The van der Waals surface area contributed by atoms with Gasteiger partial charge in [0.25, 0.3) is 0 Å².